The van der Waals surface area contributed by atoms with E-state index in [0.29, 0.717) is 28.9 Å². The van der Waals surface area contributed by atoms with Gasteiger partial charge in [-0.2, -0.15) is 5.26 Å². The normalized spacial score (nSPS) is 23.6. The second-order valence-corrected chi connectivity index (χ2v) is 9.74. The molecule has 1 aliphatic carbocycles. The summed E-state index contributed by atoms with van der Waals surface area (Å²) in [6.07, 6.45) is 6.50. The van der Waals surface area contributed by atoms with Crippen molar-refractivity contribution in [1.29, 1.82) is 5.26 Å². The number of anilines is 1. The van der Waals surface area contributed by atoms with Gasteiger partial charge in [0.2, 0.25) is 0 Å². The molecule has 2 aliphatic rings. The summed E-state index contributed by atoms with van der Waals surface area (Å²) in [6.45, 7) is 4.60. The molecule has 1 amide bonds. The smallest absolute Gasteiger partial charge is 0.262 e. The molecule has 1 saturated heterocycles. The van der Waals surface area contributed by atoms with E-state index in [4.69, 9.17) is 14.7 Å². The fourth-order valence-electron chi connectivity index (χ4n) is 4.63. The Morgan fingerprint density at radius 3 is 2.68 bits per heavy atom. The first-order chi connectivity index (χ1) is 16.6. The molecule has 1 aliphatic heterocycles. The highest BCUT2D eigenvalue weighted by molar-refractivity contribution is 8.05. The van der Waals surface area contributed by atoms with Crippen molar-refractivity contribution < 1.29 is 14.3 Å². The third-order valence-electron chi connectivity index (χ3n) is 6.28. The number of amides is 1. The number of ether oxygens (including phenoxy) is 2. The molecule has 178 valence electrons. The summed E-state index contributed by atoms with van der Waals surface area (Å²) >= 11 is 1.56. The fourth-order valence-corrected chi connectivity index (χ4v) is 5.84. The lowest BCUT2D eigenvalue weighted by Gasteiger charge is -2.39. The van der Waals surface area contributed by atoms with Gasteiger partial charge in [-0.1, -0.05) is 55.8 Å². The monoisotopic (exact) mass is 477 g/mol. The highest BCUT2D eigenvalue weighted by Crippen LogP contribution is 2.42. The number of para-hydroxylation sites is 1. The van der Waals surface area contributed by atoms with Crippen LogP contribution in [0.3, 0.4) is 0 Å². The van der Waals surface area contributed by atoms with E-state index in [9.17, 15) is 4.79 Å². The van der Waals surface area contributed by atoms with Crippen LogP contribution in [0.2, 0.25) is 0 Å². The number of thioether (sulfide) groups is 1. The van der Waals surface area contributed by atoms with Crippen LogP contribution in [0.4, 0.5) is 5.69 Å². The number of nitrogens with zero attached hydrogens (tertiary/aromatic N) is 2. The van der Waals surface area contributed by atoms with Crippen LogP contribution >= 0.6 is 11.8 Å². The van der Waals surface area contributed by atoms with Crippen molar-refractivity contribution in [3.8, 4) is 17.6 Å². The van der Waals surface area contributed by atoms with Gasteiger partial charge in [0.05, 0.1) is 11.5 Å². The SMILES string of the molecule is CCOc1cc(/C=C2\SC(Nc3ccccc3)N([C@@H]3CCCC[C@@H]3C)C2=O)ccc1OCC#N. The van der Waals surface area contributed by atoms with Gasteiger partial charge < -0.3 is 19.7 Å². The lowest BCUT2D eigenvalue weighted by molar-refractivity contribution is -0.129. The summed E-state index contributed by atoms with van der Waals surface area (Å²) in [7, 11) is 0. The highest BCUT2D eigenvalue weighted by Gasteiger charge is 2.42. The van der Waals surface area contributed by atoms with Crippen molar-refractivity contribution in [1.82, 2.24) is 4.90 Å². The molecule has 4 rings (SSSR count). The van der Waals surface area contributed by atoms with Crippen molar-refractivity contribution in [3.05, 3.63) is 59.0 Å². The third kappa shape index (κ3) is 5.51. The van der Waals surface area contributed by atoms with Crippen molar-refractivity contribution in [2.75, 3.05) is 18.5 Å². The van der Waals surface area contributed by atoms with Crippen molar-refractivity contribution in [2.24, 2.45) is 5.92 Å². The molecular formula is C27H31N3O3S. The predicted octanol–water partition coefficient (Wildman–Crippen LogP) is 5.88. The number of carbonyl (C=O) groups excluding carboxylic acids is 1. The van der Waals surface area contributed by atoms with Crippen molar-refractivity contribution >= 4 is 29.4 Å². The van der Waals surface area contributed by atoms with Crippen LogP contribution in [-0.4, -0.2) is 35.6 Å². The number of hydrogen-bond donors (Lipinski definition) is 1. The van der Waals surface area contributed by atoms with Crippen molar-refractivity contribution in [3.63, 3.8) is 0 Å². The molecule has 6 nitrogen and oxygen atoms in total. The van der Waals surface area contributed by atoms with E-state index in [1.807, 2.05) is 61.5 Å². The van der Waals surface area contributed by atoms with E-state index in [2.05, 4.69) is 17.1 Å². The molecule has 2 fully saturated rings. The molecular weight excluding hydrogens is 446 g/mol. The molecule has 0 aromatic heterocycles. The maximum atomic E-state index is 13.7. The Labute approximate surface area is 205 Å². The van der Waals surface area contributed by atoms with Gasteiger partial charge in [0.15, 0.2) is 23.6 Å². The van der Waals surface area contributed by atoms with E-state index in [1.165, 1.54) is 6.42 Å². The number of rotatable bonds is 8. The lowest BCUT2D eigenvalue weighted by atomic mass is 9.85. The van der Waals surface area contributed by atoms with Gasteiger partial charge in [0, 0.05) is 11.7 Å². The van der Waals surface area contributed by atoms with E-state index >= 15 is 0 Å². The quantitative estimate of drug-likeness (QED) is 0.479. The summed E-state index contributed by atoms with van der Waals surface area (Å²) < 4.78 is 11.2. The van der Waals surface area contributed by atoms with E-state index in [-0.39, 0.29) is 24.1 Å². The van der Waals surface area contributed by atoms with Crippen LogP contribution < -0.4 is 14.8 Å². The first-order valence-corrected chi connectivity index (χ1v) is 12.8. The number of carbonyl (C=O) groups is 1. The molecule has 7 heteroatoms. The molecule has 1 unspecified atom stereocenters. The van der Waals surface area contributed by atoms with E-state index < -0.39 is 0 Å². The average molecular weight is 478 g/mol. The van der Waals surface area contributed by atoms with Gasteiger partial charge in [-0.25, -0.2) is 0 Å². The van der Waals surface area contributed by atoms with E-state index in [1.54, 1.807) is 17.8 Å². The molecule has 0 bridgehead atoms. The van der Waals surface area contributed by atoms with Gasteiger partial charge in [-0.15, -0.1) is 0 Å². The molecule has 34 heavy (non-hydrogen) atoms. The highest BCUT2D eigenvalue weighted by atomic mass is 32.2. The fraction of sp³-hybridized carbons (Fsp3) is 0.407. The maximum absolute atomic E-state index is 13.7. The predicted molar refractivity (Wildman–Crippen MR) is 136 cm³/mol. The minimum absolute atomic E-state index is 0.0454. The van der Waals surface area contributed by atoms with Gasteiger partial charge in [-0.3, -0.25) is 4.79 Å². The average Bonchev–Trinajstić information content (AvgIpc) is 3.14. The molecule has 0 radical (unpaired) electrons. The van der Waals surface area contributed by atoms with Crippen molar-refractivity contribution in [2.45, 2.75) is 51.1 Å². The van der Waals surface area contributed by atoms with Crippen LogP contribution in [0.15, 0.2) is 53.4 Å². The number of nitrogens with one attached hydrogen (secondary N) is 1. The second-order valence-electron chi connectivity index (χ2n) is 8.62. The first-order valence-electron chi connectivity index (χ1n) is 11.9. The zero-order valence-electron chi connectivity index (χ0n) is 19.7. The Balaban J connectivity index is 1.63. The number of benzene rings is 2. The molecule has 0 spiro atoms. The van der Waals surface area contributed by atoms with Crippen LogP contribution in [-0.2, 0) is 4.79 Å². The Morgan fingerprint density at radius 2 is 1.94 bits per heavy atom. The Bertz CT molecular complexity index is 1070. The summed E-state index contributed by atoms with van der Waals surface area (Å²) in [6, 6.07) is 17.8. The van der Waals surface area contributed by atoms with Crippen LogP contribution in [0, 0.1) is 17.2 Å². The standard InChI is InChI=1S/C27H31N3O3S/c1-3-32-24-17-20(13-14-23(24)33-16-15-28)18-25-26(31)30(22-12-8-7-9-19(22)2)27(34-25)29-21-10-5-4-6-11-21/h4-6,10-11,13-14,17-19,22,27,29H,3,7-9,12,16H2,1-2H3/b25-18-/t19-,22+,27?/m0/s1. The van der Waals surface area contributed by atoms with Crippen LogP contribution in [0.1, 0.15) is 45.1 Å². The van der Waals surface area contributed by atoms with Gasteiger partial charge in [0.1, 0.15) is 6.07 Å². The van der Waals surface area contributed by atoms with Crippen LogP contribution in [0.5, 0.6) is 11.5 Å². The van der Waals surface area contributed by atoms with Gasteiger partial charge in [-0.05, 0) is 61.6 Å². The first kappa shape index (κ1) is 24.0. The molecule has 2 aromatic rings. The largest absolute Gasteiger partial charge is 0.490 e. The Hall–Kier alpha value is -3.11. The second kappa shape index (κ2) is 11.3. The molecule has 1 heterocycles. The number of hydrogen-bond acceptors (Lipinski definition) is 6. The summed E-state index contributed by atoms with van der Waals surface area (Å²) in [4.78, 5) is 16.4. The summed E-state index contributed by atoms with van der Waals surface area (Å²) in [5.41, 5.74) is 1.71. The molecule has 1 saturated carbocycles. The topological polar surface area (TPSA) is 74.6 Å². The zero-order chi connectivity index (χ0) is 23.9. The molecule has 1 N–H and O–H groups in total. The molecule has 2 aromatic carbocycles. The van der Waals surface area contributed by atoms with Gasteiger partial charge in [0.25, 0.3) is 5.91 Å². The van der Waals surface area contributed by atoms with Gasteiger partial charge >= 0.3 is 0 Å². The lowest BCUT2D eigenvalue weighted by Crippen LogP contribution is -2.48. The Kier molecular flexibility index (Phi) is 8.02. The van der Waals surface area contributed by atoms with E-state index in [0.717, 1.165) is 30.5 Å². The third-order valence-corrected chi connectivity index (χ3v) is 7.40. The minimum Gasteiger partial charge on any atom is -0.490 e. The zero-order valence-corrected chi connectivity index (χ0v) is 20.5. The minimum atomic E-state index is -0.156. The maximum Gasteiger partial charge on any atom is 0.262 e. The Morgan fingerprint density at radius 1 is 1.15 bits per heavy atom. The van der Waals surface area contributed by atoms with Crippen LogP contribution in [0.25, 0.3) is 6.08 Å². The number of nitriles is 1. The summed E-state index contributed by atoms with van der Waals surface area (Å²) in [5.74, 6) is 1.63. The molecule has 3 atom stereocenters. The summed E-state index contributed by atoms with van der Waals surface area (Å²) in [5, 5.41) is 12.4.